The number of hydrogen-bond donors (Lipinski definition) is 2. The molecule has 3 N–H and O–H groups in total. The smallest absolute Gasteiger partial charge is 0.242 e. The van der Waals surface area contributed by atoms with Crippen LogP contribution in [0.5, 0.6) is 0 Å². The van der Waals surface area contributed by atoms with Gasteiger partial charge in [0.15, 0.2) is 0 Å². The molecule has 1 fully saturated rings. The van der Waals surface area contributed by atoms with Crippen LogP contribution in [0.4, 0.5) is 0 Å². The molecule has 6 heteroatoms. The van der Waals surface area contributed by atoms with Gasteiger partial charge >= 0.3 is 0 Å². The van der Waals surface area contributed by atoms with Gasteiger partial charge in [-0.2, -0.15) is 0 Å². The molecule has 0 amide bonds. The van der Waals surface area contributed by atoms with E-state index >= 15 is 0 Å². The molecule has 1 saturated carbocycles. The second-order valence-corrected chi connectivity index (χ2v) is 7.87. The van der Waals surface area contributed by atoms with E-state index in [0.29, 0.717) is 12.5 Å². The first kappa shape index (κ1) is 16.7. The summed E-state index contributed by atoms with van der Waals surface area (Å²) in [5.41, 5.74) is 6.35. The van der Waals surface area contributed by atoms with Crippen LogP contribution < -0.4 is 10.5 Å². The van der Waals surface area contributed by atoms with Gasteiger partial charge in [0.1, 0.15) is 4.90 Å². The Kier molecular flexibility index (Phi) is 5.66. The second-order valence-electron chi connectivity index (χ2n) is 5.78. The Morgan fingerprint density at radius 1 is 1.33 bits per heavy atom. The third kappa shape index (κ3) is 4.19. The average molecular weight is 331 g/mol. The summed E-state index contributed by atoms with van der Waals surface area (Å²) in [6.45, 7) is 2.28. The summed E-state index contributed by atoms with van der Waals surface area (Å²) in [4.78, 5) is 0.129. The predicted octanol–water partition coefficient (Wildman–Crippen LogP) is 3.05. The Labute approximate surface area is 132 Å². The number of sulfonamides is 1. The molecule has 0 aliphatic heterocycles. The van der Waals surface area contributed by atoms with E-state index in [1.807, 2.05) is 6.92 Å². The van der Waals surface area contributed by atoms with Crippen LogP contribution in [0, 0.1) is 5.92 Å². The van der Waals surface area contributed by atoms with Crippen molar-refractivity contribution < 1.29 is 8.42 Å². The first-order chi connectivity index (χ1) is 9.94. The van der Waals surface area contributed by atoms with Gasteiger partial charge in [0.2, 0.25) is 10.0 Å². The van der Waals surface area contributed by atoms with E-state index in [0.717, 1.165) is 18.4 Å². The number of halogens is 1. The maximum absolute atomic E-state index is 12.5. The van der Waals surface area contributed by atoms with Crippen molar-refractivity contribution in [3.8, 4) is 0 Å². The van der Waals surface area contributed by atoms with Gasteiger partial charge < -0.3 is 5.73 Å². The normalized spacial score (nSPS) is 18.6. The molecule has 4 nitrogen and oxygen atoms in total. The summed E-state index contributed by atoms with van der Waals surface area (Å²) in [5, 5.41) is 0.223. The minimum atomic E-state index is -3.59. The van der Waals surface area contributed by atoms with Gasteiger partial charge in [-0.15, -0.1) is 0 Å². The van der Waals surface area contributed by atoms with Gasteiger partial charge in [-0.3, -0.25) is 0 Å². The van der Waals surface area contributed by atoms with Crippen LogP contribution in [0.1, 0.15) is 44.6 Å². The zero-order valence-corrected chi connectivity index (χ0v) is 13.9. The Balaban J connectivity index is 2.14. The number of nitrogens with one attached hydrogen (secondary N) is 1. The van der Waals surface area contributed by atoms with Crippen molar-refractivity contribution in [2.45, 2.75) is 56.5 Å². The van der Waals surface area contributed by atoms with Gasteiger partial charge in [0.05, 0.1) is 5.02 Å². The lowest BCUT2D eigenvalue weighted by Gasteiger charge is -2.28. The molecule has 0 saturated heterocycles. The van der Waals surface area contributed by atoms with E-state index in [1.54, 1.807) is 12.1 Å². The first-order valence-corrected chi connectivity index (χ1v) is 9.31. The SMILES string of the molecule is CC(NS(=O)(=O)c1ccc(CN)cc1Cl)C1CCCCC1. The fourth-order valence-electron chi connectivity index (χ4n) is 2.93. The van der Waals surface area contributed by atoms with Crippen LogP contribution >= 0.6 is 11.6 Å². The molecule has 0 heterocycles. The molecule has 1 aromatic carbocycles. The minimum Gasteiger partial charge on any atom is -0.326 e. The van der Waals surface area contributed by atoms with Crippen molar-refractivity contribution >= 4 is 21.6 Å². The van der Waals surface area contributed by atoms with Gasteiger partial charge in [0, 0.05) is 12.6 Å². The monoisotopic (exact) mass is 330 g/mol. The lowest BCUT2D eigenvalue weighted by molar-refractivity contribution is 0.303. The van der Waals surface area contributed by atoms with Gasteiger partial charge in [0.25, 0.3) is 0 Å². The summed E-state index contributed by atoms with van der Waals surface area (Å²) >= 11 is 6.09. The number of benzene rings is 1. The third-order valence-electron chi connectivity index (χ3n) is 4.22. The quantitative estimate of drug-likeness (QED) is 0.871. The van der Waals surface area contributed by atoms with Crippen LogP contribution in [0.3, 0.4) is 0 Å². The maximum Gasteiger partial charge on any atom is 0.242 e. The fourth-order valence-corrected chi connectivity index (χ4v) is 4.81. The van der Waals surface area contributed by atoms with Crippen LogP contribution in [-0.4, -0.2) is 14.5 Å². The number of hydrogen-bond acceptors (Lipinski definition) is 3. The minimum absolute atomic E-state index is 0.0689. The van der Waals surface area contributed by atoms with Crippen LogP contribution in [0.2, 0.25) is 5.02 Å². The highest BCUT2D eigenvalue weighted by atomic mass is 35.5. The third-order valence-corrected chi connectivity index (χ3v) is 6.26. The lowest BCUT2D eigenvalue weighted by Crippen LogP contribution is -2.38. The number of rotatable bonds is 5. The van der Waals surface area contributed by atoms with E-state index in [9.17, 15) is 8.42 Å². The Bertz CT molecular complexity index is 583. The van der Waals surface area contributed by atoms with E-state index in [4.69, 9.17) is 17.3 Å². The van der Waals surface area contributed by atoms with Gasteiger partial charge in [-0.05, 0) is 43.4 Å². The second kappa shape index (κ2) is 7.09. The van der Waals surface area contributed by atoms with Crippen LogP contribution in [0.15, 0.2) is 23.1 Å². The maximum atomic E-state index is 12.5. The largest absolute Gasteiger partial charge is 0.326 e. The summed E-state index contributed by atoms with van der Waals surface area (Å²) in [5.74, 6) is 0.413. The Morgan fingerprint density at radius 3 is 2.57 bits per heavy atom. The first-order valence-electron chi connectivity index (χ1n) is 7.45. The van der Waals surface area contributed by atoms with Crippen LogP contribution in [0.25, 0.3) is 0 Å². The number of nitrogens with two attached hydrogens (primary N) is 1. The van der Waals surface area contributed by atoms with Crippen molar-refractivity contribution in [1.29, 1.82) is 0 Å². The van der Waals surface area contributed by atoms with Gasteiger partial charge in [-0.25, -0.2) is 13.1 Å². The molecule has 0 bridgehead atoms. The summed E-state index contributed by atoms with van der Waals surface area (Å²) in [6, 6.07) is 4.77. The van der Waals surface area contributed by atoms with Crippen molar-refractivity contribution in [1.82, 2.24) is 4.72 Å². The summed E-state index contributed by atoms with van der Waals surface area (Å²) < 4.78 is 27.7. The Hall–Kier alpha value is -0.620. The standard InChI is InChI=1S/C15H23ClN2O2S/c1-11(13-5-3-2-4-6-13)18-21(19,20)15-8-7-12(10-17)9-14(15)16/h7-9,11,13,18H,2-6,10,17H2,1H3. The zero-order valence-electron chi connectivity index (χ0n) is 12.3. The van der Waals surface area contributed by atoms with Crippen LogP contribution in [-0.2, 0) is 16.6 Å². The highest BCUT2D eigenvalue weighted by Crippen LogP contribution is 2.28. The lowest BCUT2D eigenvalue weighted by atomic mass is 9.85. The highest BCUT2D eigenvalue weighted by molar-refractivity contribution is 7.89. The topological polar surface area (TPSA) is 72.2 Å². The zero-order chi connectivity index (χ0) is 15.5. The molecule has 1 aliphatic rings. The van der Waals surface area contributed by atoms with E-state index in [2.05, 4.69) is 4.72 Å². The van der Waals surface area contributed by atoms with E-state index in [1.165, 1.54) is 25.3 Å². The fraction of sp³-hybridized carbons (Fsp3) is 0.600. The molecule has 1 atom stereocenters. The predicted molar refractivity (Wildman–Crippen MR) is 85.7 cm³/mol. The van der Waals surface area contributed by atoms with Crippen molar-refractivity contribution in [3.05, 3.63) is 28.8 Å². The molecule has 1 aliphatic carbocycles. The molecule has 0 aromatic heterocycles. The molecular weight excluding hydrogens is 308 g/mol. The summed E-state index contributed by atoms with van der Waals surface area (Å²) in [7, 11) is -3.59. The van der Waals surface area contributed by atoms with Crippen molar-refractivity contribution in [3.63, 3.8) is 0 Å². The van der Waals surface area contributed by atoms with Gasteiger partial charge in [-0.1, -0.05) is 36.9 Å². The Morgan fingerprint density at radius 2 is 2.00 bits per heavy atom. The molecule has 1 aromatic rings. The van der Waals surface area contributed by atoms with Crippen molar-refractivity contribution in [2.75, 3.05) is 0 Å². The van der Waals surface area contributed by atoms with E-state index in [-0.39, 0.29) is 16.0 Å². The molecule has 0 spiro atoms. The average Bonchev–Trinajstić information content (AvgIpc) is 2.47. The molecule has 2 rings (SSSR count). The highest BCUT2D eigenvalue weighted by Gasteiger charge is 2.26. The molecule has 0 radical (unpaired) electrons. The molecule has 118 valence electrons. The molecule has 21 heavy (non-hydrogen) atoms. The molecular formula is C15H23ClN2O2S. The van der Waals surface area contributed by atoms with Crippen molar-refractivity contribution in [2.24, 2.45) is 11.7 Å². The van der Waals surface area contributed by atoms with E-state index < -0.39 is 10.0 Å². The molecule has 1 unspecified atom stereocenters. The summed E-state index contributed by atoms with van der Waals surface area (Å²) in [6.07, 6.45) is 5.79.